The second-order valence-electron chi connectivity index (χ2n) is 21.3. The van der Waals surface area contributed by atoms with E-state index < -0.39 is 97.5 Å². The lowest BCUT2D eigenvalue weighted by molar-refractivity contribution is -0.344. The van der Waals surface area contributed by atoms with Crippen LogP contribution in [0.2, 0.25) is 0 Å². The van der Waals surface area contributed by atoms with Crippen LogP contribution in [0, 0.1) is 28.1 Å². The van der Waals surface area contributed by atoms with Gasteiger partial charge in [-0.15, -0.1) is 0 Å². The van der Waals surface area contributed by atoms with Crippen molar-refractivity contribution in [3.63, 3.8) is 0 Å². The second-order valence-corrected chi connectivity index (χ2v) is 21.3. The number of hydrogen-bond donors (Lipinski definition) is 8. The summed E-state index contributed by atoms with van der Waals surface area (Å²) in [6, 6.07) is -0.992. The van der Waals surface area contributed by atoms with Gasteiger partial charge in [-0.3, -0.25) is 4.79 Å². The fourth-order valence-corrected chi connectivity index (χ4v) is 13.0. The van der Waals surface area contributed by atoms with Gasteiger partial charge in [0, 0.05) is 19.4 Å². The Balaban J connectivity index is 1.01. The normalized spacial score (nSPS) is 49.3. The molecule has 350 valence electrons. The van der Waals surface area contributed by atoms with E-state index in [2.05, 4.69) is 32.2 Å². The van der Waals surface area contributed by atoms with Crippen molar-refractivity contribution < 1.29 is 73.7 Å². The SMILES string of the molecule is COC[C@H]1O[C@H](OC(C)(C)[C@@H]2CC[C@@]3(C)C=C([C@H]4CC[C@@H]5[C@]4(C)C[C@@H](O)[C@@H]4O[C@H](C(C)(C)O[C@@H]6O[C@H](CO)[C@@H](O)[C@H](O)[C@@H]6O)CC[C@@]54C)CC[C@@H]3O2)[C@H](NC(C)=O)[C@@H](O)[C@@H]1O. The number of methoxy groups -OCH3 is 1. The summed E-state index contributed by atoms with van der Waals surface area (Å²) in [4.78, 5) is 12.1. The van der Waals surface area contributed by atoms with Crippen LogP contribution in [0.1, 0.15) is 113 Å². The predicted molar refractivity (Wildman–Crippen MR) is 219 cm³/mol. The molecule has 2 saturated carbocycles. The Bertz CT molecular complexity index is 1590. The summed E-state index contributed by atoms with van der Waals surface area (Å²) in [6.07, 6.45) is -3.41. The third-order valence-electron chi connectivity index (χ3n) is 16.3. The lowest BCUT2D eigenvalue weighted by Crippen LogP contribution is -2.66. The Hall–Kier alpha value is -1.35. The van der Waals surface area contributed by atoms with E-state index in [9.17, 15) is 40.5 Å². The number of nitrogens with one attached hydrogen (secondary N) is 1. The maximum atomic E-state index is 12.1. The smallest absolute Gasteiger partial charge is 0.217 e. The molecule has 0 bridgehead atoms. The zero-order chi connectivity index (χ0) is 44.6. The number of allylic oxidation sites excluding steroid dienone is 1. The van der Waals surface area contributed by atoms with Crippen LogP contribution in [0.15, 0.2) is 11.6 Å². The molecule has 0 aromatic heterocycles. The predicted octanol–water partition coefficient (Wildman–Crippen LogP) is 1.60. The molecule has 0 aromatic rings. The molecule has 20 atom stereocenters. The van der Waals surface area contributed by atoms with E-state index in [-0.39, 0.29) is 41.0 Å². The number of aliphatic hydroxyl groups excluding tert-OH is 7. The third kappa shape index (κ3) is 8.63. The minimum absolute atomic E-state index is 0.0407. The molecule has 4 aliphatic heterocycles. The highest BCUT2D eigenvalue weighted by Gasteiger charge is 2.65. The lowest BCUT2D eigenvalue weighted by Gasteiger charge is -2.61. The summed E-state index contributed by atoms with van der Waals surface area (Å²) >= 11 is 0. The van der Waals surface area contributed by atoms with Gasteiger partial charge in [-0.2, -0.15) is 0 Å². The monoisotopic (exact) mass is 870 g/mol. The number of ether oxygens (including phenoxy) is 7. The van der Waals surface area contributed by atoms with Crippen LogP contribution >= 0.6 is 0 Å². The summed E-state index contributed by atoms with van der Waals surface area (Å²) < 4.78 is 43.6. The molecule has 0 spiro atoms. The van der Waals surface area contributed by atoms with Crippen molar-refractivity contribution in [1.82, 2.24) is 5.32 Å². The molecular weight excluding hydrogens is 794 g/mol. The molecule has 0 aromatic carbocycles. The zero-order valence-corrected chi connectivity index (χ0v) is 37.6. The van der Waals surface area contributed by atoms with E-state index in [1.807, 2.05) is 27.7 Å². The number of carbonyl (C=O) groups excluding carboxylic acids is 1. The molecule has 4 saturated heterocycles. The first-order valence-electron chi connectivity index (χ1n) is 22.6. The van der Waals surface area contributed by atoms with E-state index >= 15 is 0 Å². The highest BCUT2D eigenvalue weighted by atomic mass is 16.7. The Labute approximate surface area is 360 Å². The summed E-state index contributed by atoms with van der Waals surface area (Å²) in [6.45, 7) is 15.3. The Morgan fingerprint density at radius 2 is 1.39 bits per heavy atom. The van der Waals surface area contributed by atoms with E-state index in [4.69, 9.17) is 33.2 Å². The van der Waals surface area contributed by atoms with Crippen LogP contribution in [0.4, 0.5) is 0 Å². The van der Waals surface area contributed by atoms with Gasteiger partial charge in [-0.1, -0.05) is 32.4 Å². The van der Waals surface area contributed by atoms with Crippen molar-refractivity contribution in [2.75, 3.05) is 20.3 Å². The largest absolute Gasteiger partial charge is 0.394 e. The first-order chi connectivity index (χ1) is 28.5. The van der Waals surface area contributed by atoms with Gasteiger partial charge in [-0.25, -0.2) is 0 Å². The van der Waals surface area contributed by atoms with Gasteiger partial charge in [0.1, 0.15) is 48.8 Å². The molecule has 1 amide bonds. The van der Waals surface area contributed by atoms with E-state index in [1.54, 1.807) is 0 Å². The Kier molecular flexibility index (Phi) is 13.6. The Morgan fingerprint density at radius 1 is 0.770 bits per heavy atom. The number of fused-ring (bicyclic) bond motifs is 4. The van der Waals surface area contributed by atoms with Crippen molar-refractivity contribution >= 4 is 5.91 Å². The van der Waals surface area contributed by atoms with Gasteiger partial charge in [0.2, 0.25) is 5.91 Å². The molecule has 7 aliphatic rings. The van der Waals surface area contributed by atoms with Gasteiger partial charge in [0.25, 0.3) is 0 Å². The fourth-order valence-electron chi connectivity index (χ4n) is 13.0. The molecule has 0 radical (unpaired) electrons. The summed E-state index contributed by atoms with van der Waals surface area (Å²) in [5, 5.41) is 77.5. The van der Waals surface area contributed by atoms with Gasteiger partial charge >= 0.3 is 0 Å². The van der Waals surface area contributed by atoms with E-state index in [0.717, 1.165) is 38.5 Å². The first kappa shape index (κ1) is 47.6. The fraction of sp³-hybridized carbons (Fsp3) is 0.933. The van der Waals surface area contributed by atoms with Crippen LogP contribution in [0.3, 0.4) is 0 Å². The van der Waals surface area contributed by atoms with Crippen LogP contribution < -0.4 is 5.32 Å². The zero-order valence-electron chi connectivity index (χ0n) is 37.6. The molecule has 0 unspecified atom stereocenters. The van der Waals surface area contributed by atoms with Crippen LogP contribution in [0.5, 0.6) is 0 Å². The highest BCUT2D eigenvalue weighted by molar-refractivity contribution is 5.73. The lowest BCUT2D eigenvalue weighted by atomic mass is 9.50. The average molecular weight is 870 g/mol. The minimum atomic E-state index is -1.55. The summed E-state index contributed by atoms with van der Waals surface area (Å²) in [5.74, 6) is 0.240. The molecule has 3 aliphatic carbocycles. The van der Waals surface area contributed by atoms with Crippen molar-refractivity contribution in [1.29, 1.82) is 0 Å². The van der Waals surface area contributed by atoms with E-state index in [1.165, 1.54) is 19.6 Å². The van der Waals surface area contributed by atoms with Crippen LogP contribution in [-0.4, -0.2) is 165 Å². The summed E-state index contributed by atoms with van der Waals surface area (Å²) in [7, 11) is 1.49. The van der Waals surface area contributed by atoms with Gasteiger partial charge < -0.3 is 74.2 Å². The molecule has 16 heteroatoms. The molecule has 61 heavy (non-hydrogen) atoms. The van der Waals surface area contributed by atoms with Crippen molar-refractivity contribution in [3.05, 3.63) is 11.6 Å². The number of rotatable bonds is 11. The molecule has 16 nitrogen and oxygen atoms in total. The standard InChI is InChI=1S/C45H75NO15/c1-22(48)46-32-35(52)34(51)27(21-55-9)57-39(32)60-41(2,3)29-14-16-43(6)18-23(10-13-31(43)58-29)24-11-12-28-44(7)17-15-30(59-38(44)25(49)19-45(24,28)8)42(4,5)61-40-37(54)36(53)33(50)26(20-47)56-40/h18,24-40,47,49-54H,10-17,19-21H2,1-9H3,(H,46,48)/t24-,25-,26-,27-,28+,29+,30+,31+,32-,33-,34-,35-,36+,37+,38+,39-,40+,43+,44+,45-/m1/s1. The molecule has 6 fully saturated rings. The third-order valence-corrected chi connectivity index (χ3v) is 16.3. The molecule has 4 heterocycles. The minimum Gasteiger partial charge on any atom is -0.394 e. The van der Waals surface area contributed by atoms with Crippen molar-refractivity contribution in [3.8, 4) is 0 Å². The first-order valence-corrected chi connectivity index (χ1v) is 22.6. The average Bonchev–Trinajstić information content (AvgIpc) is 3.54. The maximum absolute atomic E-state index is 12.1. The van der Waals surface area contributed by atoms with Crippen LogP contribution in [0.25, 0.3) is 0 Å². The van der Waals surface area contributed by atoms with E-state index in [0.29, 0.717) is 31.1 Å². The van der Waals surface area contributed by atoms with Gasteiger partial charge in [0.15, 0.2) is 12.6 Å². The molecule has 8 N–H and O–H groups in total. The Morgan fingerprint density at radius 3 is 2.05 bits per heavy atom. The van der Waals surface area contributed by atoms with Crippen molar-refractivity contribution in [2.24, 2.45) is 28.1 Å². The quantitative estimate of drug-likeness (QED) is 0.138. The summed E-state index contributed by atoms with van der Waals surface area (Å²) in [5.41, 5.74) is -1.05. The molecular formula is C45H75NO15. The van der Waals surface area contributed by atoms with Gasteiger partial charge in [0.05, 0.1) is 54.9 Å². The second kappa shape index (κ2) is 17.5. The number of carbonyl (C=O) groups is 1. The number of amides is 1. The molecule has 7 rings (SSSR count). The maximum Gasteiger partial charge on any atom is 0.217 e. The van der Waals surface area contributed by atoms with Gasteiger partial charge in [-0.05, 0) is 108 Å². The number of hydrogen-bond acceptors (Lipinski definition) is 15. The number of aliphatic hydroxyl groups is 7. The topological polar surface area (TPSA) is 235 Å². The van der Waals surface area contributed by atoms with Crippen LogP contribution in [-0.2, 0) is 38.0 Å². The van der Waals surface area contributed by atoms with Crippen molar-refractivity contribution in [2.45, 2.75) is 216 Å². The highest BCUT2D eigenvalue weighted by Crippen LogP contribution is 2.67.